The lowest BCUT2D eigenvalue weighted by atomic mass is 10.0. The zero-order valence-corrected chi connectivity index (χ0v) is 12.3. The first-order valence-corrected chi connectivity index (χ1v) is 7.16. The van der Waals surface area contributed by atoms with E-state index in [4.69, 9.17) is 5.11 Å². The molecule has 1 unspecified atom stereocenters. The van der Waals surface area contributed by atoms with E-state index in [1.807, 2.05) is 31.2 Å². The van der Waals surface area contributed by atoms with Crippen molar-refractivity contribution in [2.24, 2.45) is 0 Å². The minimum atomic E-state index is -0.0149. The number of hydrogen-bond acceptors (Lipinski definition) is 2. The monoisotopic (exact) mass is 273 g/mol. The Balaban J connectivity index is 2.64. The number of amides is 1. The average Bonchev–Trinajstić information content (AvgIpc) is 2.45. The van der Waals surface area contributed by atoms with Gasteiger partial charge in [-0.2, -0.15) is 0 Å². The Hall–Kier alpha value is -1.79. The summed E-state index contributed by atoms with van der Waals surface area (Å²) >= 11 is 0. The normalized spacial score (nSPS) is 11.3. The van der Waals surface area contributed by atoms with Crippen molar-refractivity contribution < 1.29 is 9.90 Å². The largest absolute Gasteiger partial charge is 0.395 e. The van der Waals surface area contributed by atoms with Crippen molar-refractivity contribution in [1.82, 2.24) is 5.32 Å². The van der Waals surface area contributed by atoms with Crippen molar-refractivity contribution in [3.05, 3.63) is 35.4 Å². The predicted molar refractivity (Wildman–Crippen MR) is 81.1 cm³/mol. The third-order valence-corrected chi connectivity index (χ3v) is 2.99. The molecular weight excluding hydrogens is 250 g/mol. The molecule has 1 aromatic rings. The lowest BCUT2D eigenvalue weighted by molar-refractivity contribution is -0.121. The number of carbonyl (C=O) groups excluding carboxylic acids is 1. The van der Waals surface area contributed by atoms with Crippen LogP contribution >= 0.6 is 0 Å². The van der Waals surface area contributed by atoms with E-state index in [1.165, 1.54) is 0 Å². The van der Waals surface area contributed by atoms with E-state index in [9.17, 15) is 4.79 Å². The molecule has 0 saturated carbocycles. The number of rotatable bonds is 6. The third-order valence-electron chi connectivity index (χ3n) is 2.99. The molecule has 0 aliphatic rings. The molecule has 0 saturated heterocycles. The zero-order valence-electron chi connectivity index (χ0n) is 12.3. The van der Waals surface area contributed by atoms with Gasteiger partial charge in [0.15, 0.2) is 0 Å². The topological polar surface area (TPSA) is 49.3 Å². The molecule has 1 amide bonds. The second-order valence-electron chi connectivity index (χ2n) is 4.79. The van der Waals surface area contributed by atoms with E-state index >= 15 is 0 Å². The van der Waals surface area contributed by atoms with Crippen molar-refractivity contribution in [3.63, 3.8) is 0 Å². The summed E-state index contributed by atoms with van der Waals surface area (Å²) in [6, 6.07) is 7.82. The number of carbonyl (C=O) groups is 1. The molecular formula is C17H23NO2. The van der Waals surface area contributed by atoms with Gasteiger partial charge in [-0.05, 0) is 31.0 Å². The summed E-state index contributed by atoms with van der Waals surface area (Å²) in [5, 5.41) is 11.7. The molecule has 0 bridgehead atoms. The number of unbranched alkanes of at least 4 members (excludes halogenated alkanes) is 1. The Bertz CT molecular complexity index is 485. The van der Waals surface area contributed by atoms with Crippen molar-refractivity contribution >= 4 is 5.91 Å². The fourth-order valence-corrected chi connectivity index (χ4v) is 1.84. The third kappa shape index (κ3) is 5.90. The van der Waals surface area contributed by atoms with Crippen LogP contribution in [0, 0.1) is 11.8 Å². The van der Waals surface area contributed by atoms with E-state index in [-0.39, 0.29) is 18.6 Å². The summed E-state index contributed by atoms with van der Waals surface area (Å²) in [6.45, 7) is 4.13. The first-order chi connectivity index (χ1) is 9.67. The molecule has 1 atom stereocenters. The van der Waals surface area contributed by atoms with Crippen LogP contribution in [0.2, 0.25) is 0 Å². The van der Waals surface area contributed by atoms with Gasteiger partial charge in [-0.15, -0.1) is 0 Å². The van der Waals surface area contributed by atoms with Crippen LogP contribution in [0.25, 0.3) is 0 Å². The van der Waals surface area contributed by atoms with Gasteiger partial charge in [-0.1, -0.05) is 37.3 Å². The van der Waals surface area contributed by atoms with Crippen LogP contribution in [0.4, 0.5) is 0 Å². The van der Waals surface area contributed by atoms with Gasteiger partial charge in [0.2, 0.25) is 5.91 Å². The van der Waals surface area contributed by atoms with Crippen LogP contribution in [0.5, 0.6) is 0 Å². The molecule has 3 heteroatoms. The Labute approximate surface area is 121 Å². The van der Waals surface area contributed by atoms with Gasteiger partial charge in [0.25, 0.3) is 0 Å². The summed E-state index contributed by atoms with van der Waals surface area (Å²) in [5.41, 5.74) is 1.95. The molecule has 0 spiro atoms. The Kier molecular flexibility index (Phi) is 7.46. The fraction of sp³-hybridized carbons (Fsp3) is 0.471. The molecule has 0 aromatic heterocycles. The highest BCUT2D eigenvalue weighted by molar-refractivity contribution is 5.76. The van der Waals surface area contributed by atoms with Gasteiger partial charge in [0.1, 0.15) is 0 Å². The zero-order chi connectivity index (χ0) is 14.8. The van der Waals surface area contributed by atoms with Crippen LogP contribution in [0.3, 0.4) is 0 Å². The van der Waals surface area contributed by atoms with E-state index in [1.54, 1.807) is 0 Å². The van der Waals surface area contributed by atoms with Gasteiger partial charge in [0, 0.05) is 18.4 Å². The maximum atomic E-state index is 11.7. The maximum absolute atomic E-state index is 11.7. The van der Waals surface area contributed by atoms with Crippen molar-refractivity contribution in [2.45, 2.75) is 45.6 Å². The van der Waals surface area contributed by atoms with Crippen molar-refractivity contribution in [3.8, 4) is 11.8 Å². The number of aliphatic hydroxyl groups excluding tert-OH is 1. The highest BCUT2D eigenvalue weighted by Crippen LogP contribution is 2.14. The standard InChI is InChI=1S/C17H23NO2/c1-3-4-11-17(20)18-14(2)16-10-7-9-15(13-16)8-5-6-12-19/h7,9-10,13-14,19H,3-4,6,11-12H2,1-2H3,(H,18,20). The van der Waals surface area contributed by atoms with E-state index in [0.717, 1.165) is 24.0 Å². The first-order valence-electron chi connectivity index (χ1n) is 7.16. The van der Waals surface area contributed by atoms with Gasteiger partial charge in [0.05, 0.1) is 12.6 Å². The summed E-state index contributed by atoms with van der Waals surface area (Å²) in [7, 11) is 0. The van der Waals surface area contributed by atoms with Crippen LogP contribution in [0.1, 0.15) is 56.7 Å². The van der Waals surface area contributed by atoms with Crippen LogP contribution in [-0.2, 0) is 4.79 Å². The molecule has 2 N–H and O–H groups in total. The average molecular weight is 273 g/mol. The summed E-state index contributed by atoms with van der Waals surface area (Å²) < 4.78 is 0. The minimum absolute atomic E-state index is 0.0149. The molecule has 0 heterocycles. The molecule has 1 aromatic carbocycles. The second-order valence-corrected chi connectivity index (χ2v) is 4.79. The van der Waals surface area contributed by atoms with Crippen molar-refractivity contribution in [2.75, 3.05) is 6.61 Å². The Morgan fingerprint density at radius 1 is 1.45 bits per heavy atom. The number of hydrogen-bond donors (Lipinski definition) is 2. The molecule has 0 aliphatic carbocycles. The van der Waals surface area contributed by atoms with E-state index in [2.05, 4.69) is 24.1 Å². The number of nitrogens with one attached hydrogen (secondary N) is 1. The molecule has 0 aliphatic heterocycles. The fourth-order valence-electron chi connectivity index (χ4n) is 1.84. The first kappa shape index (κ1) is 16.3. The van der Waals surface area contributed by atoms with Gasteiger partial charge >= 0.3 is 0 Å². The van der Waals surface area contributed by atoms with Crippen molar-refractivity contribution in [1.29, 1.82) is 0 Å². The molecule has 1 rings (SSSR count). The summed E-state index contributed by atoms with van der Waals surface area (Å²) in [5.74, 6) is 6.00. The van der Waals surface area contributed by atoms with Crippen LogP contribution in [-0.4, -0.2) is 17.6 Å². The molecule has 0 radical (unpaired) electrons. The summed E-state index contributed by atoms with van der Waals surface area (Å²) in [6.07, 6.45) is 3.01. The predicted octanol–water partition coefficient (Wildman–Crippen LogP) is 2.79. The molecule has 3 nitrogen and oxygen atoms in total. The summed E-state index contributed by atoms with van der Waals surface area (Å²) in [4.78, 5) is 11.7. The van der Waals surface area contributed by atoms with Gasteiger partial charge < -0.3 is 10.4 Å². The molecule has 0 fully saturated rings. The molecule has 20 heavy (non-hydrogen) atoms. The smallest absolute Gasteiger partial charge is 0.220 e. The minimum Gasteiger partial charge on any atom is -0.395 e. The number of benzene rings is 1. The van der Waals surface area contributed by atoms with Gasteiger partial charge in [-0.3, -0.25) is 4.79 Å². The van der Waals surface area contributed by atoms with E-state index in [0.29, 0.717) is 12.8 Å². The lowest BCUT2D eigenvalue weighted by Crippen LogP contribution is -2.26. The van der Waals surface area contributed by atoms with Gasteiger partial charge in [-0.25, -0.2) is 0 Å². The highest BCUT2D eigenvalue weighted by atomic mass is 16.2. The highest BCUT2D eigenvalue weighted by Gasteiger charge is 2.09. The molecule has 108 valence electrons. The maximum Gasteiger partial charge on any atom is 0.220 e. The van der Waals surface area contributed by atoms with E-state index < -0.39 is 0 Å². The quantitative estimate of drug-likeness (QED) is 0.783. The van der Waals surface area contributed by atoms with Crippen LogP contribution < -0.4 is 5.32 Å². The Morgan fingerprint density at radius 2 is 2.25 bits per heavy atom. The SMILES string of the molecule is CCCCC(=O)NC(C)c1cccc(C#CCCO)c1. The lowest BCUT2D eigenvalue weighted by Gasteiger charge is -2.14. The number of aliphatic hydroxyl groups is 1. The van der Waals surface area contributed by atoms with Crippen LogP contribution in [0.15, 0.2) is 24.3 Å². The Morgan fingerprint density at radius 3 is 2.95 bits per heavy atom. The second kappa shape index (κ2) is 9.17.